The molecule has 4 heterocycles. The van der Waals surface area contributed by atoms with Gasteiger partial charge in [0.15, 0.2) is 0 Å². The molecule has 1 unspecified atom stereocenters. The normalized spacial score (nSPS) is 15.6. The third kappa shape index (κ3) is 4.00. The van der Waals surface area contributed by atoms with Gasteiger partial charge in [-0.3, -0.25) is 4.79 Å². The van der Waals surface area contributed by atoms with Gasteiger partial charge < -0.3 is 15.2 Å². The smallest absolute Gasteiger partial charge is 0.360 e. The molecule has 0 fully saturated rings. The van der Waals surface area contributed by atoms with E-state index in [0.29, 0.717) is 28.2 Å². The average Bonchev–Trinajstić information content (AvgIpc) is 3.40. The lowest BCUT2D eigenvalue weighted by Crippen LogP contribution is -2.37. The number of anilines is 1. The first-order valence-electron chi connectivity index (χ1n) is 11.2. The van der Waals surface area contributed by atoms with Crippen LogP contribution in [0.15, 0.2) is 54.7 Å². The summed E-state index contributed by atoms with van der Waals surface area (Å²) in [6.45, 7) is 1.95. The van der Waals surface area contributed by atoms with Crippen LogP contribution in [0.2, 0.25) is 5.02 Å². The van der Waals surface area contributed by atoms with E-state index in [-0.39, 0.29) is 9.71 Å². The van der Waals surface area contributed by atoms with E-state index in [4.69, 9.17) is 11.6 Å². The van der Waals surface area contributed by atoms with Gasteiger partial charge in [-0.2, -0.15) is 13.2 Å². The Kier molecular flexibility index (Phi) is 5.43. The number of thiophene rings is 1. The van der Waals surface area contributed by atoms with Gasteiger partial charge in [0.25, 0.3) is 5.91 Å². The first kappa shape index (κ1) is 23.7. The number of nitrogens with zero attached hydrogens (tertiary/aromatic N) is 2. The quantitative estimate of drug-likeness (QED) is 0.235. The molecule has 11 heteroatoms. The zero-order valence-corrected chi connectivity index (χ0v) is 20.7. The zero-order valence-electron chi connectivity index (χ0n) is 19.1. The molecule has 0 radical (unpaired) electrons. The third-order valence-electron chi connectivity index (χ3n) is 6.41. The Hall–Kier alpha value is -3.63. The molecule has 37 heavy (non-hydrogen) atoms. The van der Waals surface area contributed by atoms with Crippen LogP contribution in [-0.4, -0.2) is 15.5 Å². The predicted octanol–water partition coefficient (Wildman–Crippen LogP) is 7.27. The van der Waals surface area contributed by atoms with E-state index in [0.717, 1.165) is 39.4 Å². The Labute approximate surface area is 216 Å². The lowest BCUT2D eigenvalue weighted by atomic mass is 10.1. The minimum absolute atomic E-state index is 0.147. The highest BCUT2D eigenvalue weighted by Gasteiger charge is 2.36. The Morgan fingerprint density at radius 3 is 2.68 bits per heavy atom. The number of alkyl halides is 3. The average molecular weight is 545 g/mol. The molecule has 0 saturated carbocycles. The number of carbonyl (C=O) groups is 1. The molecule has 2 aromatic carbocycles. The summed E-state index contributed by atoms with van der Waals surface area (Å²) in [5, 5.41) is 7.92. The van der Waals surface area contributed by atoms with Crippen molar-refractivity contribution in [3.63, 3.8) is 0 Å². The van der Waals surface area contributed by atoms with Crippen molar-refractivity contribution < 1.29 is 22.4 Å². The number of hydrogen-bond acceptors (Lipinski definition) is 4. The Balaban J connectivity index is 1.43. The molecule has 0 spiro atoms. The van der Waals surface area contributed by atoms with E-state index in [2.05, 4.69) is 15.6 Å². The Morgan fingerprint density at radius 1 is 1.14 bits per heavy atom. The van der Waals surface area contributed by atoms with E-state index in [1.165, 1.54) is 12.1 Å². The highest BCUT2D eigenvalue weighted by Crippen LogP contribution is 2.43. The predicted molar refractivity (Wildman–Crippen MR) is 136 cm³/mol. The highest BCUT2D eigenvalue weighted by atomic mass is 35.5. The van der Waals surface area contributed by atoms with E-state index >= 15 is 0 Å². The van der Waals surface area contributed by atoms with Crippen molar-refractivity contribution >= 4 is 55.7 Å². The minimum Gasteiger partial charge on any atom is -0.360 e. The van der Waals surface area contributed by atoms with Crippen LogP contribution in [-0.2, 0) is 12.7 Å². The molecule has 1 amide bonds. The first-order chi connectivity index (χ1) is 17.6. The standard InChI is InChI=1S/C26H17ClF4N4OS/c1-12-8-19(26(29,30)31)32-25-20(12)21-22(37-25)24(36)34-23(33-21)16-11-35(18-5-3-2-4-15(16)18)10-13-6-7-14(28)9-17(13)27/h2-9,11,23,33H,10H2,1H3,(H,34,36). The molecular weight excluding hydrogens is 528 g/mol. The number of pyridine rings is 1. The summed E-state index contributed by atoms with van der Waals surface area (Å²) in [6.07, 6.45) is -3.35. The van der Waals surface area contributed by atoms with Crippen LogP contribution >= 0.6 is 22.9 Å². The summed E-state index contributed by atoms with van der Waals surface area (Å²) in [4.78, 5) is 17.3. The van der Waals surface area contributed by atoms with Crippen molar-refractivity contribution in [1.82, 2.24) is 14.9 Å². The molecule has 1 atom stereocenters. The van der Waals surface area contributed by atoms with Gasteiger partial charge in [0, 0.05) is 39.6 Å². The molecule has 1 aliphatic rings. The van der Waals surface area contributed by atoms with Crippen LogP contribution in [0, 0.1) is 12.7 Å². The van der Waals surface area contributed by atoms with Gasteiger partial charge >= 0.3 is 6.18 Å². The molecule has 5 aromatic rings. The van der Waals surface area contributed by atoms with Crippen LogP contribution in [0.25, 0.3) is 21.1 Å². The molecule has 0 saturated heterocycles. The second kappa shape index (κ2) is 8.46. The summed E-state index contributed by atoms with van der Waals surface area (Å²) in [5.41, 5.74) is 2.22. The molecule has 5 nitrogen and oxygen atoms in total. The van der Waals surface area contributed by atoms with Crippen molar-refractivity contribution in [3.05, 3.63) is 92.8 Å². The number of aryl methyl sites for hydroxylation is 1. The second-order valence-corrected chi connectivity index (χ2v) is 10.2. The summed E-state index contributed by atoms with van der Waals surface area (Å²) < 4.78 is 55.4. The number of amides is 1. The number of fused-ring (bicyclic) bond motifs is 4. The van der Waals surface area contributed by atoms with Gasteiger partial charge in [0.1, 0.15) is 27.4 Å². The number of benzene rings is 2. The third-order valence-corrected chi connectivity index (χ3v) is 7.84. The maximum Gasteiger partial charge on any atom is 0.433 e. The fourth-order valence-corrected chi connectivity index (χ4v) is 6.07. The number of aromatic nitrogens is 2. The van der Waals surface area contributed by atoms with Crippen LogP contribution in [0.5, 0.6) is 0 Å². The van der Waals surface area contributed by atoms with E-state index in [1.807, 2.05) is 35.0 Å². The van der Waals surface area contributed by atoms with E-state index in [1.54, 1.807) is 13.0 Å². The SMILES string of the molecule is Cc1cc(C(F)(F)F)nc2sc3c(c12)NC(c1cn(Cc2ccc(F)cc2Cl)c2ccccc12)NC3=O. The number of para-hydroxylation sites is 1. The highest BCUT2D eigenvalue weighted by molar-refractivity contribution is 7.21. The monoisotopic (exact) mass is 544 g/mol. The van der Waals surface area contributed by atoms with Gasteiger partial charge in [-0.1, -0.05) is 35.9 Å². The maximum absolute atomic E-state index is 13.5. The number of halogens is 5. The summed E-state index contributed by atoms with van der Waals surface area (Å²) in [6, 6.07) is 12.8. The van der Waals surface area contributed by atoms with Gasteiger partial charge in [-0.05, 0) is 42.3 Å². The van der Waals surface area contributed by atoms with Crippen molar-refractivity contribution in [2.45, 2.75) is 25.8 Å². The molecule has 2 N–H and O–H groups in total. The van der Waals surface area contributed by atoms with Crippen molar-refractivity contribution in [2.75, 3.05) is 5.32 Å². The van der Waals surface area contributed by atoms with Crippen LogP contribution in [0.3, 0.4) is 0 Å². The van der Waals surface area contributed by atoms with Crippen molar-refractivity contribution in [1.29, 1.82) is 0 Å². The van der Waals surface area contributed by atoms with Crippen LogP contribution < -0.4 is 10.6 Å². The van der Waals surface area contributed by atoms with Crippen molar-refractivity contribution in [2.24, 2.45) is 0 Å². The molecule has 0 aliphatic carbocycles. The Bertz CT molecular complexity index is 1730. The van der Waals surface area contributed by atoms with E-state index in [9.17, 15) is 22.4 Å². The zero-order chi connectivity index (χ0) is 26.1. The molecule has 1 aliphatic heterocycles. The summed E-state index contributed by atoms with van der Waals surface area (Å²) >= 11 is 7.19. The largest absolute Gasteiger partial charge is 0.433 e. The number of nitrogens with one attached hydrogen (secondary N) is 2. The molecule has 6 rings (SSSR count). The minimum atomic E-state index is -4.59. The van der Waals surface area contributed by atoms with Crippen LogP contribution in [0.1, 0.15) is 38.2 Å². The van der Waals surface area contributed by atoms with Crippen LogP contribution in [0.4, 0.5) is 23.2 Å². The van der Waals surface area contributed by atoms with Gasteiger partial charge in [0.2, 0.25) is 0 Å². The van der Waals surface area contributed by atoms with E-state index < -0.39 is 29.8 Å². The van der Waals surface area contributed by atoms with Crippen molar-refractivity contribution in [3.8, 4) is 0 Å². The summed E-state index contributed by atoms with van der Waals surface area (Å²) in [5.74, 6) is -0.819. The number of carbonyl (C=O) groups excluding carboxylic acids is 1. The molecule has 0 bridgehead atoms. The van der Waals surface area contributed by atoms with Gasteiger partial charge in [-0.15, -0.1) is 11.3 Å². The second-order valence-electron chi connectivity index (χ2n) is 8.82. The fraction of sp³-hybridized carbons (Fsp3) is 0.154. The van der Waals surface area contributed by atoms with Gasteiger partial charge in [0.05, 0.1) is 5.69 Å². The number of hydrogen-bond donors (Lipinski definition) is 2. The lowest BCUT2D eigenvalue weighted by molar-refractivity contribution is -0.141. The Morgan fingerprint density at radius 2 is 1.92 bits per heavy atom. The topological polar surface area (TPSA) is 59.0 Å². The lowest BCUT2D eigenvalue weighted by Gasteiger charge is -2.26. The molecular formula is C26H17ClF4N4OS. The van der Waals surface area contributed by atoms with Gasteiger partial charge in [-0.25, -0.2) is 9.37 Å². The molecule has 188 valence electrons. The molecule has 3 aromatic heterocycles. The number of rotatable bonds is 3. The maximum atomic E-state index is 13.5. The fourth-order valence-electron chi connectivity index (χ4n) is 4.73. The first-order valence-corrected chi connectivity index (χ1v) is 12.4. The summed E-state index contributed by atoms with van der Waals surface area (Å²) in [7, 11) is 0.